The average Bonchev–Trinajstić information content (AvgIpc) is 3.43. The van der Waals surface area contributed by atoms with E-state index < -0.39 is 24.0 Å². The minimum Gasteiger partial charge on any atom is -0.480 e. The van der Waals surface area contributed by atoms with Crippen LogP contribution in [0.5, 0.6) is 0 Å². The number of hydrogen-bond acceptors (Lipinski definition) is 7. The number of nitrogens with zero attached hydrogens (tertiary/aromatic N) is 1. The molecule has 2 aromatic carbocycles. The number of rotatable bonds is 9. The molecule has 0 fully saturated rings. The highest BCUT2D eigenvalue weighted by Crippen LogP contribution is 2.44. The van der Waals surface area contributed by atoms with Gasteiger partial charge in [-0.2, -0.15) is 0 Å². The van der Waals surface area contributed by atoms with Crippen molar-refractivity contribution in [3.8, 4) is 11.1 Å². The number of benzene rings is 2. The maximum atomic E-state index is 12.4. The van der Waals surface area contributed by atoms with Crippen molar-refractivity contribution in [2.75, 3.05) is 25.6 Å². The molecule has 10 heteroatoms. The van der Waals surface area contributed by atoms with Crippen LogP contribution in [0.3, 0.4) is 0 Å². The minimum atomic E-state index is -1.16. The zero-order valence-corrected chi connectivity index (χ0v) is 19.1. The van der Waals surface area contributed by atoms with Gasteiger partial charge in [-0.05, 0) is 22.3 Å². The number of amides is 2. The number of thiazole rings is 1. The van der Waals surface area contributed by atoms with Crippen LogP contribution in [0.4, 0.5) is 9.93 Å². The molecule has 3 N–H and O–H groups in total. The van der Waals surface area contributed by atoms with Crippen LogP contribution >= 0.6 is 11.3 Å². The fraction of sp³-hybridized carbons (Fsp3) is 0.250. The third kappa shape index (κ3) is 5.08. The van der Waals surface area contributed by atoms with E-state index in [4.69, 9.17) is 9.47 Å². The van der Waals surface area contributed by atoms with E-state index in [1.807, 2.05) is 36.4 Å². The van der Waals surface area contributed by atoms with Crippen LogP contribution in [0, 0.1) is 0 Å². The molecule has 0 saturated heterocycles. The van der Waals surface area contributed by atoms with Gasteiger partial charge in [0.25, 0.3) is 5.91 Å². The van der Waals surface area contributed by atoms with Crippen LogP contribution in [0.15, 0.2) is 54.7 Å². The van der Waals surface area contributed by atoms with E-state index in [-0.39, 0.29) is 35.6 Å². The Morgan fingerprint density at radius 3 is 2.35 bits per heavy atom. The van der Waals surface area contributed by atoms with Crippen molar-refractivity contribution in [2.45, 2.75) is 18.4 Å². The third-order valence-electron chi connectivity index (χ3n) is 5.50. The van der Waals surface area contributed by atoms with E-state index in [0.29, 0.717) is 0 Å². The van der Waals surface area contributed by atoms with Gasteiger partial charge in [-0.3, -0.25) is 10.1 Å². The van der Waals surface area contributed by atoms with Gasteiger partial charge in [0.1, 0.15) is 17.5 Å². The second-order valence-electron chi connectivity index (χ2n) is 7.63. The lowest BCUT2D eigenvalue weighted by Crippen LogP contribution is -2.41. The number of carboxylic acids is 1. The van der Waals surface area contributed by atoms with E-state index in [0.717, 1.165) is 33.6 Å². The number of methoxy groups -OCH3 is 1. The number of ether oxygens (including phenoxy) is 2. The molecule has 0 saturated carbocycles. The lowest BCUT2D eigenvalue weighted by Gasteiger charge is -2.14. The van der Waals surface area contributed by atoms with Crippen molar-refractivity contribution in [2.24, 2.45) is 0 Å². The Bertz CT molecular complexity index is 1170. The van der Waals surface area contributed by atoms with Crippen molar-refractivity contribution in [1.82, 2.24) is 10.3 Å². The fourth-order valence-corrected chi connectivity index (χ4v) is 4.59. The average molecular weight is 482 g/mol. The highest BCUT2D eigenvalue weighted by molar-refractivity contribution is 7.17. The number of aromatic nitrogens is 1. The zero-order chi connectivity index (χ0) is 24.1. The van der Waals surface area contributed by atoms with Crippen molar-refractivity contribution in [3.63, 3.8) is 0 Å². The van der Waals surface area contributed by atoms with Crippen LogP contribution in [0.1, 0.15) is 33.1 Å². The number of anilines is 1. The monoisotopic (exact) mass is 481 g/mol. The van der Waals surface area contributed by atoms with E-state index >= 15 is 0 Å². The van der Waals surface area contributed by atoms with Gasteiger partial charge >= 0.3 is 12.1 Å². The van der Waals surface area contributed by atoms with Gasteiger partial charge in [0, 0.05) is 26.1 Å². The first-order chi connectivity index (χ1) is 16.5. The SMILES string of the molecule is COCCC(NC(=O)c1cnc(NC(=O)OCC2c3ccccc3-c3ccccc32)s1)C(=O)O. The zero-order valence-electron chi connectivity index (χ0n) is 18.3. The number of carbonyl (C=O) groups is 3. The summed E-state index contributed by atoms with van der Waals surface area (Å²) in [6.07, 6.45) is 0.710. The molecule has 3 aromatic rings. The van der Waals surface area contributed by atoms with Crippen molar-refractivity contribution >= 4 is 34.4 Å². The third-order valence-corrected chi connectivity index (χ3v) is 6.41. The molecule has 176 valence electrons. The lowest BCUT2D eigenvalue weighted by atomic mass is 9.98. The number of fused-ring (bicyclic) bond motifs is 3. The molecule has 0 bridgehead atoms. The standard InChI is InChI=1S/C24H23N3O6S/c1-32-11-10-19(22(29)30)26-21(28)20-12-25-23(34-20)27-24(31)33-13-18-16-8-4-2-6-14(16)15-7-3-5-9-17(15)18/h2-9,12,18-19H,10-11,13H2,1H3,(H,26,28)(H,29,30)(H,25,27,31). The largest absolute Gasteiger partial charge is 0.480 e. The second kappa shape index (κ2) is 10.4. The molecule has 34 heavy (non-hydrogen) atoms. The van der Waals surface area contributed by atoms with Crippen LogP contribution in [0.25, 0.3) is 11.1 Å². The number of hydrogen-bond donors (Lipinski definition) is 3. The molecule has 1 aliphatic rings. The molecule has 1 heterocycles. The fourth-order valence-electron chi connectivity index (χ4n) is 3.88. The van der Waals surface area contributed by atoms with E-state index in [2.05, 4.69) is 27.8 Å². The molecular formula is C24H23N3O6S. The predicted molar refractivity (Wildman–Crippen MR) is 126 cm³/mol. The topological polar surface area (TPSA) is 127 Å². The summed E-state index contributed by atoms with van der Waals surface area (Å²) in [7, 11) is 1.45. The predicted octanol–water partition coefficient (Wildman–Crippen LogP) is 3.72. The maximum absolute atomic E-state index is 12.4. The summed E-state index contributed by atoms with van der Waals surface area (Å²) in [5, 5.41) is 14.4. The summed E-state index contributed by atoms with van der Waals surface area (Å²) in [5.41, 5.74) is 4.47. The normalized spacial score (nSPS) is 13.0. The molecule has 0 radical (unpaired) electrons. The van der Waals surface area contributed by atoms with Crippen molar-refractivity contribution in [1.29, 1.82) is 0 Å². The smallest absolute Gasteiger partial charge is 0.413 e. The van der Waals surface area contributed by atoms with Gasteiger partial charge in [0.15, 0.2) is 5.13 Å². The summed E-state index contributed by atoms with van der Waals surface area (Å²) >= 11 is 0.923. The Morgan fingerprint density at radius 2 is 1.74 bits per heavy atom. The number of carboxylic acid groups (broad SMARTS) is 1. The molecule has 9 nitrogen and oxygen atoms in total. The minimum absolute atomic E-state index is 0.0733. The van der Waals surface area contributed by atoms with Gasteiger partial charge < -0.3 is 19.9 Å². The number of aliphatic carboxylic acids is 1. The second-order valence-corrected chi connectivity index (χ2v) is 8.66. The Labute approximate surface area is 199 Å². The Hall–Kier alpha value is -3.76. The molecule has 1 unspecified atom stereocenters. The first kappa shape index (κ1) is 23.4. The summed E-state index contributed by atoms with van der Waals surface area (Å²) < 4.78 is 10.3. The number of carbonyl (C=O) groups excluding carboxylic acids is 2. The molecule has 0 aliphatic heterocycles. The van der Waals surface area contributed by atoms with Crippen molar-refractivity contribution in [3.05, 3.63) is 70.7 Å². The Kier molecular flexibility index (Phi) is 7.19. The van der Waals surface area contributed by atoms with Crippen LogP contribution in [-0.2, 0) is 14.3 Å². The van der Waals surface area contributed by atoms with Crippen LogP contribution in [0.2, 0.25) is 0 Å². The lowest BCUT2D eigenvalue weighted by molar-refractivity contribution is -0.139. The van der Waals surface area contributed by atoms with E-state index in [1.54, 1.807) is 0 Å². The van der Waals surface area contributed by atoms with Crippen LogP contribution in [-0.4, -0.2) is 54.4 Å². The molecule has 0 spiro atoms. The van der Waals surface area contributed by atoms with Gasteiger partial charge in [0.2, 0.25) is 0 Å². The molecule has 1 atom stereocenters. The Morgan fingerprint density at radius 1 is 1.09 bits per heavy atom. The molecule has 1 aromatic heterocycles. The van der Waals surface area contributed by atoms with Gasteiger partial charge in [0.05, 0.1) is 6.20 Å². The summed E-state index contributed by atoms with van der Waals surface area (Å²) in [4.78, 5) is 40.2. The highest BCUT2D eigenvalue weighted by Gasteiger charge is 2.29. The summed E-state index contributed by atoms with van der Waals surface area (Å²) in [6, 6.07) is 15.0. The van der Waals surface area contributed by atoms with Gasteiger partial charge in [-0.1, -0.05) is 59.9 Å². The molecular weight excluding hydrogens is 458 g/mol. The van der Waals surface area contributed by atoms with E-state index in [9.17, 15) is 19.5 Å². The van der Waals surface area contributed by atoms with Gasteiger partial charge in [-0.15, -0.1) is 0 Å². The molecule has 1 aliphatic carbocycles. The summed E-state index contributed by atoms with van der Waals surface area (Å²) in [6.45, 7) is 0.340. The first-order valence-electron chi connectivity index (χ1n) is 10.6. The molecule has 4 rings (SSSR count). The van der Waals surface area contributed by atoms with E-state index in [1.165, 1.54) is 13.3 Å². The number of nitrogens with one attached hydrogen (secondary N) is 2. The van der Waals surface area contributed by atoms with Crippen LogP contribution < -0.4 is 10.6 Å². The molecule has 2 amide bonds. The maximum Gasteiger partial charge on any atom is 0.413 e. The Balaban J connectivity index is 1.35. The van der Waals surface area contributed by atoms with Crippen molar-refractivity contribution < 1.29 is 29.0 Å². The summed E-state index contributed by atoms with van der Waals surface area (Å²) in [5.74, 6) is -1.83. The highest BCUT2D eigenvalue weighted by atomic mass is 32.1. The van der Waals surface area contributed by atoms with Gasteiger partial charge in [-0.25, -0.2) is 14.6 Å². The quantitative estimate of drug-likeness (QED) is 0.425. The first-order valence-corrected chi connectivity index (χ1v) is 11.4.